The lowest BCUT2D eigenvalue weighted by molar-refractivity contribution is 0.467. The molecule has 0 N–H and O–H groups in total. The van der Waals surface area contributed by atoms with E-state index in [1.165, 1.54) is 32.1 Å². The summed E-state index contributed by atoms with van der Waals surface area (Å²) in [5.41, 5.74) is 0. The molecule has 0 nitrogen and oxygen atoms in total. The average Bonchev–Trinajstić information content (AvgIpc) is 2.30. The van der Waals surface area contributed by atoms with Gasteiger partial charge in [0.1, 0.15) is 0 Å². The van der Waals surface area contributed by atoms with E-state index in [0.29, 0.717) is 0 Å². The summed E-state index contributed by atoms with van der Waals surface area (Å²) in [4.78, 5) is 0. The molecule has 0 aromatic carbocycles. The van der Waals surface area contributed by atoms with Crippen molar-refractivity contribution in [2.75, 3.05) is 0 Å². The number of allylic oxidation sites excluding steroid dienone is 2. The van der Waals surface area contributed by atoms with Crippen LogP contribution < -0.4 is 0 Å². The molecule has 0 spiro atoms. The van der Waals surface area contributed by atoms with Gasteiger partial charge >= 0.3 is 0 Å². The third-order valence-corrected chi connectivity index (χ3v) is 2.78. The lowest BCUT2D eigenvalue weighted by Crippen LogP contribution is -2.07. The fourth-order valence-electron chi connectivity index (χ4n) is 1.76. The van der Waals surface area contributed by atoms with Gasteiger partial charge in [0.25, 0.3) is 0 Å². The first kappa shape index (κ1) is 8.83. The number of rotatable bonds is 2. The molecule has 1 aliphatic rings. The summed E-state index contributed by atoms with van der Waals surface area (Å²) in [6.07, 6.45) is 11.3. The lowest BCUT2D eigenvalue weighted by Gasteiger charge is -2.19. The molecule has 0 atom stereocenters. The number of hydrogen-bond donors (Lipinski definition) is 0. The fraction of sp³-hybridized carbons (Fsp3) is 0.727. The Morgan fingerprint density at radius 3 is 2.27 bits per heavy atom. The topological polar surface area (TPSA) is 0 Å². The molecule has 1 aliphatic carbocycles. The predicted octanol–water partition coefficient (Wildman–Crippen LogP) is 3.74. The van der Waals surface area contributed by atoms with E-state index >= 15 is 0 Å². The second kappa shape index (κ2) is 4.58. The molecule has 1 rings (SSSR count). The van der Waals surface area contributed by atoms with Gasteiger partial charge in [-0.05, 0) is 43.9 Å². The minimum atomic E-state index is 0.912. The second-order valence-corrected chi connectivity index (χ2v) is 3.52. The van der Waals surface area contributed by atoms with Crippen LogP contribution in [0.4, 0.5) is 0 Å². The van der Waals surface area contributed by atoms with Gasteiger partial charge in [-0.25, -0.2) is 0 Å². The normalized spacial score (nSPS) is 20.6. The highest BCUT2D eigenvalue weighted by molar-refractivity contribution is 4.96. The summed E-state index contributed by atoms with van der Waals surface area (Å²) in [6, 6.07) is 0. The minimum Gasteiger partial charge on any atom is -0.0885 e. The van der Waals surface area contributed by atoms with Crippen molar-refractivity contribution >= 4 is 0 Å². The molecule has 0 aliphatic heterocycles. The Bertz CT molecular complexity index is 114. The summed E-state index contributed by atoms with van der Waals surface area (Å²) in [5, 5.41) is 0. The van der Waals surface area contributed by atoms with E-state index < -0.39 is 0 Å². The molecule has 0 aromatic heterocycles. The van der Waals surface area contributed by atoms with Crippen LogP contribution >= 0.6 is 0 Å². The summed E-state index contributed by atoms with van der Waals surface area (Å²) in [6.45, 7) is 4.59. The van der Waals surface area contributed by atoms with E-state index in [0.717, 1.165) is 5.92 Å². The molecule has 0 aromatic rings. The Labute approximate surface area is 70.7 Å². The van der Waals surface area contributed by atoms with Crippen LogP contribution in [0.3, 0.4) is 0 Å². The van der Waals surface area contributed by atoms with Gasteiger partial charge in [0.2, 0.25) is 0 Å². The summed E-state index contributed by atoms with van der Waals surface area (Å²) >= 11 is 0. The molecule has 0 saturated carbocycles. The van der Waals surface area contributed by atoms with E-state index in [-0.39, 0.29) is 0 Å². The van der Waals surface area contributed by atoms with Gasteiger partial charge in [-0.2, -0.15) is 0 Å². The van der Waals surface area contributed by atoms with Crippen LogP contribution in [0.2, 0.25) is 0 Å². The van der Waals surface area contributed by atoms with Gasteiger partial charge < -0.3 is 0 Å². The number of hydrogen-bond acceptors (Lipinski definition) is 0. The van der Waals surface area contributed by atoms with Gasteiger partial charge in [-0.1, -0.05) is 26.0 Å². The van der Waals surface area contributed by atoms with Gasteiger partial charge in [0, 0.05) is 0 Å². The lowest BCUT2D eigenvalue weighted by atomic mass is 9.86. The van der Waals surface area contributed by atoms with Crippen molar-refractivity contribution < 1.29 is 0 Å². The first-order valence-electron chi connectivity index (χ1n) is 4.82. The molecule has 63 valence electrons. The van der Waals surface area contributed by atoms with Gasteiger partial charge in [0.15, 0.2) is 0 Å². The maximum absolute atomic E-state index is 2.34. The van der Waals surface area contributed by atoms with E-state index in [1.807, 2.05) is 0 Å². The van der Waals surface area contributed by atoms with Crippen LogP contribution in [0.15, 0.2) is 12.2 Å². The predicted molar refractivity (Wildman–Crippen MR) is 50.3 cm³/mol. The molecule has 1 radical (unpaired) electrons. The SMILES string of the molecule is CC[C](C)C1CCC=CCC1. The highest BCUT2D eigenvalue weighted by Gasteiger charge is 2.15. The van der Waals surface area contributed by atoms with Crippen LogP contribution in [0.25, 0.3) is 0 Å². The quantitative estimate of drug-likeness (QED) is 0.527. The molecule has 0 fully saturated rings. The van der Waals surface area contributed by atoms with E-state index in [4.69, 9.17) is 0 Å². The van der Waals surface area contributed by atoms with Crippen molar-refractivity contribution in [2.45, 2.75) is 46.0 Å². The highest BCUT2D eigenvalue weighted by atomic mass is 14.2. The Balaban J connectivity index is 2.34. The summed E-state index contributed by atoms with van der Waals surface area (Å²) in [5.74, 6) is 2.61. The van der Waals surface area contributed by atoms with E-state index in [1.54, 1.807) is 5.92 Å². The third-order valence-electron chi connectivity index (χ3n) is 2.78. The average molecular weight is 151 g/mol. The molecular weight excluding hydrogens is 132 g/mol. The van der Waals surface area contributed by atoms with Gasteiger partial charge in [-0.15, -0.1) is 0 Å². The van der Waals surface area contributed by atoms with Crippen LogP contribution in [-0.4, -0.2) is 0 Å². The zero-order valence-electron chi connectivity index (χ0n) is 7.77. The smallest absolute Gasteiger partial charge is 0.0243 e. The van der Waals surface area contributed by atoms with Gasteiger partial charge in [0.05, 0.1) is 0 Å². The molecule has 0 heteroatoms. The molecule has 11 heavy (non-hydrogen) atoms. The zero-order valence-corrected chi connectivity index (χ0v) is 7.77. The van der Waals surface area contributed by atoms with Crippen LogP contribution in [0, 0.1) is 11.8 Å². The Hall–Kier alpha value is -0.260. The van der Waals surface area contributed by atoms with Crippen molar-refractivity contribution in [3.8, 4) is 0 Å². The van der Waals surface area contributed by atoms with Crippen molar-refractivity contribution in [3.63, 3.8) is 0 Å². The van der Waals surface area contributed by atoms with E-state index in [9.17, 15) is 0 Å². The first-order valence-corrected chi connectivity index (χ1v) is 4.82. The molecule has 0 unspecified atom stereocenters. The van der Waals surface area contributed by atoms with E-state index in [2.05, 4.69) is 26.0 Å². The Morgan fingerprint density at radius 1 is 1.27 bits per heavy atom. The van der Waals surface area contributed by atoms with Crippen molar-refractivity contribution in [1.29, 1.82) is 0 Å². The Kier molecular flexibility index (Phi) is 3.68. The van der Waals surface area contributed by atoms with Crippen molar-refractivity contribution in [1.82, 2.24) is 0 Å². The Morgan fingerprint density at radius 2 is 1.82 bits per heavy atom. The molecular formula is C11H19. The largest absolute Gasteiger partial charge is 0.0885 e. The first-order chi connectivity index (χ1) is 5.34. The highest BCUT2D eigenvalue weighted by Crippen LogP contribution is 2.29. The summed E-state index contributed by atoms with van der Waals surface area (Å²) < 4.78 is 0. The van der Waals surface area contributed by atoms with Gasteiger partial charge in [-0.3, -0.25) is 0 Å². The summed E-state index contributed by atoms with van der Waals surface area (Å²) in [7, 11) is 0. The maximum Gasteiger partial charge on any atom is -0.0243 e. The molecule has 0 saturated heterocycles. The zero-order chi connectivity index (χ0) is 8.10. The maximum atomic E-state index is 2.34. The second-order valence-electron chi connectivity index (χ2n) is 3.52. The minimum absolute atomic E-state index is 0.912. The van der Waals surface area contributed by atoms with Crippen LogP contribution in [0.1, 0.15) is 46.0 Å². The molecule has 0 heterocycles. The van der Waals surface area contributed by atoms with Crippen molar-refractivity contribution in [3.05, 3.63) is 18.1 Å². The molecule has 0 bridgehead atoms. The van der Waals surface area contributed by atoms with Crippen LogP contribution in [-0.2, 0) is 0 Å². The van der Waals surface area contributed by atoms with Crippen LogP contribution in [0.5, 0.6) is 0 Å². The monoisotopic (exact) mass is 151 g/mol. The third kappa shape index (κ3) is 2.69. The fourth-order valence-corrected chi connectivity index (χ4v) is 1.76. The van der Waals surface area contributed by atoms with Crippen molar-refractivity contribution in [2.24, 2.45) is 5.92 Å². The molecule has 0 amide bonds. The standard InChI is InChI=1S/C11H19/c1-3-10(2)11-8-6-4-5-7-9-11/h4-5,11H,3,6-9H2,1-2H3.